The van der Waals surface area contributed by atoms with Crippen molar-refractivity contribution in [3.8, 4) is 10.6 Å². The van der Waals surface area contributed by atoms with E-state index in [9.17, 15) is 9.90 Å². The Kier molecular flexibility index (Phi) is 6.51. The monoisotopic (exact) mass is 470 g/mol. The molecule has 2 aromatic heterocycles. The highest BCUT2D eigenvalue weighted by Crippen LogP contribution is 2.31. The predicted molar refractivity (Wildman–Crippen MR) is 131 cm³/mol. The maximum absolute atomic E-state index is 12.7. The summed E-state index contributed by atoms with van der Waals surface area (Å²) in [5, 5.41) is 14.6. The van der Waals surface area contributed by atoms with Gasteiger partial charge in [0.25, 0.3) is 5.91 Å². The number of carbonyl (C=O) groups excluding carboxylic acids is 1. The number of nitrogens with one attached hydrogen (secondary N) is 1. The van der Waals surface area contributed by atoms with Gasteiger partial charge in [0.15, 0.2) is 0 Å². The number of aliphatic hydroxyl groups is 1. The number of nitrogens with zero attached hydrogens (tertiary/aromatic N) is 3. The van der Waals surface area contributed by atoms with Gasteiger partial charge in [-0.05, 0) is 63.3 Å². The molecule has 3 aromatic rings. The fourth-order valence-corrected chi connectivity index (χ4v) is 5.01. The lowest BCUT2D eigenvalue weighted by Gasteiger charge is -2.38. The van der Waals surface area contributed by atoms with Gasteiger partial charge in [-0.15, -0.1) is 11.3 Å². The zero-order chi connectivity index (χ0) is 22.9. The Hall–Kier alpha value is -2.48. The summed E-state index contributed by atoms with van der Waals surface area (Å²) in [7, 11) is 0. The number of hydrogen-bond donors (Lipinski definition) is 2. The fraction of sp³-hybridized carbons (Fsp3) is 0.375. The molecule has 0 saturated carbocycles. The van der Waals surface area contributed by atoms with E-state index in [1.54, 1.807) is 24.5 Å². The lowest BCUT2D eigenvalue weighted by Crippen LogP contribution is -2.42. The number of benzene rings is 1. The molecule has 0 radical (unpaired) electrons. The smallest absolute Gasteiger partial charge is 0.267 e. The van der Waals surface area contributed by atoms with Crippen LogP contribution in [0, 0.1) is 12.8 Å². The maximum atomic E-state index is 12.7. The standard InChI is InChI=1S/C24H27ClN4O2S/c1-15-12-19(13-26-21(15)29-10-8-17(9-11-29)24(2,3)31)28-22(30)20-14-27-23(32-20)16-4-6-18(25)7-5-16/h4-7,12-14,17,31H,8-11H2,1-3H3,(H,28,30). The zero-order valence-electron chi connectivity index (χ0n) is 18.4. The number of aryl methyl sites for hydroxylation is 1. The number of aromatic nitrogens is 2. The number of carbonyl (C=O) groups is 1. The Morgan fingerprint density at radius 1 is 1.19 bits per heavy atom. The van der Waals surface area contributed by atoms with Gasteiger partial charge in [0, 0.05) is 23.7 Å². The summed E-state index contributed by atoms with van der Waals surface area (Å²) in [5.41, 5.74) is 1.95. The van der Waals surface area contributed by atoms with Crippen molar-refractivity contribution in [2.75, 3.05) is 23.3 Å². The molecular weight excluding hydrogens is 444 g/mol. The number of halogens is 1. The first kappa shape index (κ1) is 22.7. The summed E-state index contributed by atoms with van der Waals surface area (Å²) < 4.78 is 0. The quantitative estimate of drug-likeness (QED) is 0.521. The molecule has 1 fully saturated rings. The first-order valence-corrected chi connectivity index (χ1v) is 11.9. The second-order valence-corrected chi connectivity index (χ2v) is 10.2. The van der Waals surface area contributed by atoms with Crippen LogP contribution in [0.5, 0.6) is 0 Å². The third kappa shape index (κ3) is 5.11. The molecule has 1 saturated heterocycles. The molecule has 1 amide bonds. The van der Waals surface area contributed by atoms with Gasteiger partial charge in [-0.2, -0.15) is 0 Å². The van der Waals surface area contributed by atoms with Crippen molar-refractivity contribution in [1.29, 1.82) is 0 Å². The van der Waals surface area contributed by atoms with Crippen molar-refractivity contribution in [2.24, 2.45) is 5.92 Å². The van der Waals surface area contributed by atoms with E-state index in [0.717, 1.165) is 47.9 Å². The molecule has 2 N–H and O–H groups in total. The van der Waals surface area contributed by atoms with Crippen molar-refractivity contribution >= 4 is 40.4 Å². The van der Waals surface area contributed by atoms with Crippen molar-refractivity contribution in [3.05, 3.63) is 58.2 Å². The number of amides is 1. The highest BCUT2D eigenvalue weighted by molar-refractivity contribution is 7.17. The molecule has 4 rings (SSSR count). The lowest BCUT2D eigenvalue weighted by molar-refractivity contribution is 0.00645. The van der Waals surface area contributed by atoms with E-state index in [-0.39, 0.29) is 5.91 Å². The average molecular weight is 471 g/mol. The van der Waals surface area contributed by atoms with Crippen LogP contribution in [0.15, 0.2) is 42.7 Å². The van der Waals surface area contributed by atoms with Crippen LogP contribution in [0.2, 0.25) is 5.02 Å². The minimum atomic E-state index is -0.646. The summed E-state index contributed by atoms with van der Waals surface area (Å²) in [6.07, 6.45) is 5.16. The molecule has 0 atom stereocenters. The lowest BCUT2D eigenvalue weighted by atomic mass is 9.83. The van der Waals surface area contributed by atoms with Gasteiger partial charge in [0.2, 0.25) is 0 Å². The molecule has 168 valence electrons. The van der Waals surface area contributed by atoms with E-state index < -0.39 is 5.60 Å². The van der Waals surface area contributed by atoms with E-state index >= 15 is 0 Å². The summed E-state index contributed by atoms with van der Waals surface area (Å²) in [6.45, 7) is 7.50. The first-order chi connectivity index (χ1) is 15.2. The molecule has 0 unspecified atom stereocenters. The Morgan fingerprint density at radius 2 is 1.88 bits per heavy atom. The van der Waals surface area contributed by atoms with E-state index in [0.29, 0.717) is 21.5 Å². The molecule has 1 aliphatic rings. The minimum absolute atomic E-state index is 0.206. The van der Waals surface area contributed by atoms with Gasteiger partial charge < -0.3 is 15.3 Å². The van der Waals surface area contributed by atoms with Gasteiger partial charge in [-0.25, -0.2) is 9.97 Å². The fourth-order valence-electron chi connectivity index (χ4n) is 4.06. The van der Waals surface area contributed by atoms with E-state index in [1.807, 2.05) is 39.0 Å². The number of piperidine rings is 1. The van der Waals surface area contributed by atoms with E-state index in [4.69, 9.17) is 11.6 Å². The number of pyridine rings is 1. The molecule has 6 nitrogen and oxygen atoms in total. The second kappa shape index (κ2) is 9.17. The van der Waals surface area contributed by atoms with Crippen LogP contribution in [0.3, 0.4) is 0 Å². The van der Waals surface area contributed by atoms with Gasteiger partial charge in [-0.1, -0.05) is 23.7 Å². The zero-order valence-corrected chi connectivity index (χ0v) is 20.0. The highest BCUT2D eigenvalue weighted by atomic mass is 35.5. The van der Waals surface area contributed by atoms with Gasteiger partial charge >= 0.3 is 0 Å². The van der Waals surface area contributed by atoms with Crippen molar-refractivity contribution in [1.82, 2.24) is 9.97 Å². The van der Waals surface area contributed by atoms with Gasteiger partial charge in [0.05, 0.1) is 23.7 Å². The summed E-state index contributed by atoms with van der Waals surface area (Å²) >= 11 is 7.28. The Labute approximate surface area is 197 Å². The topological polar surface area (TPSA) is 78.4 Å². The maximum Gasteiger partial charge on any atom is 0.267 e. The Balaban J connectivity index is 1.41. The molecule has 1 aromatic carbocycles. The number of rotatable bonds is 5. The van der Waals surface area contributed by atoms with Crippen LogP contribution < -0.4 is 10.2 Å². The summed E-state index contributed by atoms with van der Waals surface area (Å²) in [6, 6.07) is 9.34. The number of hydrogen-bond acceptors (Lipinski definition) is 6. The molecule has 0 aliphatic carbocycles. The van der Waals surface area contributed by atoms with Crippen LogP contribution in [0.4, 0.5) is 11.5 Å². The molecule has 32 heavy (non-hydrogen) atoms. The van der Waals surface area contributed by atoms with Gasteiger partial charge in [0.1, 0.15) is 15.7 Å². The summed E-state index contributed by atoms with van der Waals surface area (Å²) in [5.74, 6) is 1.03. The Bertz CT molecular complexity index is 1100. The molecular formula is C24H27ClN4O2S. The Morgan fingerprint density at radius 3 is 2.50 bits per heavy atom. The predicted octanol–water partition coefficient (Wildman–Crippen LogP) is 5.41. The van der Waals surface area contributed by atoms with Crippen molar-refractivity contribution in [2.45, 2.75) is 39.2 Å². The molecule has 3 heterocycles. The molecule has 0 bridgehead atoms. The third-order valence-corrected chi connectivity index (χ3v) is 7.22. The normalized spacial score (nSPS) is 15.1. The van der Waals surface area contributed by atoms with Crippen LogP contribution in [-0.4, -0.2) is 39.7 Å². The van der Waals surface area contributed by atoms with E-state index in [2.05, 4.69) is 20.2 Å². The third-order valence-electron chi connectivity index (χ3n) is 5.92. The molecule has 1 aliphatic heterocycles. The average Bonchev–Trinajstić information content (AvgIpc) is 3.24. The van der Waals surface area contributed by atoms with Crippen LogP contribution in [0.1, 0.15) is 41.9 Å². The van der Waals surface area contributed by atoms with Crippen LogP contribution in [-0.2, 0) is 0 Å². The first-order valence-electron chi connectivity index (χ1n) is 10.7. The number of thiazole rings is 1. The van der Waals surface area contributed by atoms with Crippen molar-refractivity contribution in [3.63, 3.8) is 0 Å². The SMILES string of the molecule is Cc1cc(NC(=O)c2cnc(-c3ccc(Cl)cc3)s2)cnc1N1CCC(C(C)(C)O)CC1. The highest BCUT2D eigenvalue weighted by Gasteiger charge is 2.31. The summed E-state index contributed by atoms with van der Waals surface area (Å²) in [4.78, 5) is 24.5. The number of anilines is 2. The van der Waals surface area contributed by atoms with Crippen LogP contribution >= 0.6 is 22.9 Å². The van der Waals surface area contributed by atoms with Crippen LogP contribution in [0.25, 0.3) is 10.6 Å². The molecule has 8 heteroatoms. The van der Waals surface area contributed by atoms with Crippen molar-refractivity contribution < 1.29 is 9.90 Å². The second-order valence-electron chi connectivity index (χ2n) is 8.77. The largest absolute Gasteiger partial charge is 0.390 e. The van der Waals surface area contributed by atoms with E-state index in [1.165, 1.54) is 11.3 Å². The van der Waals surface area contributed by atoms with Gasteiger partial charge in [-0.3, -0.25) is 4.79 Å². The minimum Gasteiger partial charge on any atom is -0.390 e. The molecule has 0 spiro atoms.